The number of hydrogen-bond donors (Lipinski definition) is 1. The van der Waals surface area contributed by atoms with Crippen molar-refractivity contribution in [3.8, 4) is 22.8 Å². The molecule has 0 aliphatic rings. The number of rotatable bonds is 5. The number of hydrogen-bond acceptors (Lipinski definition) is 6. The van der Waals surface area contributed by atoms with Crippen LogP contribution in [0, 0.1) is 6.92 Å². The van der Waals surface area contributed by atoms with Gasteiger partial charge in [-0.05, 0) is 43.3 Å². The third-order valence-corrected chi connectivity index (χ3v) is 5.22. The van der Waals surface area contributed by atoms with Gasteiger partial charge in [0.1, 0.15) is 5.75 Å². The summed E-state index contributed by atoms with van der Waals surface area (Å²) >= 11 is 1.42. The van der Waals surface area contributed by atoms with E-state index in [4.69, 9.17) is 9.47 Å². The second-order valence-electron chi connectivity index (χ2n) is 6.05. The zero-order valence-electron chi connectivity index (χ0n) is 15.6. The van der Waals surface area contributed by atoms with E-state index in [1.165, 1.54) is 11.3 Å². The van der Waals surface area contributed by atoms with Gasteiger partial charge in [0.05, 0.1) is 24.8 Å². The molecule has 7 nitrogen and oxygen atoms in total. The molecule has 0 fully saturated rings. The van der Waals surface area contributed by atoms with Crippen molar-refractivity contribution in [3.63, 3.8) is 0 Å². The molecule has 3 heterocycles. The van der Waals surface area contributed by atoms with Gasteiger partial charge in [0.2, 0.25) is 5.95 Å². The molecule has 1 N–H and O–H groups in total. The normalized spacial score (nSPS) is 10.8. The minimum Gasteiger partial charge on any atom is -0.497 e. The maximum Gasteiger partial charge on any atom is 0.268 e. The number of aryl methyl sites for hydroxylation is 1. The third-order valence-electron chi connectivity index (χ3n) is 4.22. The van der Waals surface area contributed by atoms with Crippen LogP contribution in [0.15, 0.2) is 48.5 Å². The Morgan fingerprint density at radius 3 is 2.68 bits per heavy atom. The number of amides is 1. The van der Waals surface area contributed by atoms with Crippen LogP contribution in [0.4, 0.5) is 5.95 Å². The number of ether oxygens (including phenoxy) is 2. The van der Waals surface area contributed by atoms with Crippen LogP contribution in [0.25, 0.3) is 16.9 Å². The maximum atomic E-state index is 12.5. The first-order valence-electron chi connectivity index (χ1n) is 8.55. The van der Waals surface area contributed by atoms with Gasteiger partial charge < -0.3 is 9.47 Å². The van der Waals surface area contributed by atoms with Gasteiger partial charge in [0.15, 0.2) is 11.4 Å². The minimum absolute atomic E-state index is 0.213. The highest BCUT2D eigenvalue weighted by molar-refractivity contribution is 7.14. The highest BCUT2D eigenvalue weighted by Crippen LogP contribution is 2.29. The largest absolute Gasteiger partial charge is 0.497 e. The second kappa shape index (κ2) is 7.32. The zero-order chi connectivity index (χ0) is 19.7. The van der Waals surface area contributed by atoms with Gasteiger partial charge in [-0.3, -0.25) is 10.1 Å². The Morgan fingerprint density at radius 2 is 1.96 bits per heavy atom. The van der Waals surface area contributed by atoms with Crippen LogP contribution in [0.1, 0.15) is 14.5 Å². The van der Waals surface area contributed by atoms with E-state index in [0.29, 0.717) is 16.3 Å². The number of carbonyl (C=O) groups excluding carboxylic acids is 1. The number of pyridine rings is 1. The Balaban J connectivity index is 1.77. The number of nitrogens with one attached hydrogen (secondary N) is 1. The topological polar surface area (TPSA) is 77.8 Å². The Kier molecular flexibility index (Phi) is 4.70. The molecule has 8 heteroatoms. The second-order valence-corrected chi connectivity index (χ2v) is 7.34. The molecule has 28 heavy (non-hydrogen) atoms. The summed E-state index contributed by atoms with van der Waals surface area (Å²) in [7, 11) is 3.19. The smallest absolute Gasteiger partial charge is 0.268 e. The van der Waals surface area contributed by atoms with Crippen LogP contribution in [-0.2, 0) is 0 Å². The first-order valence-corrected chi connectivity index (χ1v) is 9.36. The summed E-state index contributed by atoms with van der Waals surface area (Å²) in [4.78, 5) is 18.6. The van der Waals surface area contributed by atoms with E-state index in [2.05, 4.69) is 15.4 Å². The first kappa shape index (κ1) is 18.0. The Hall–Kier alpha value is -3.39. The molecule has 0 aliphatic heterocycles. The number of nitrogens with zero attached hydrogens (tertiary/aromatic N) is 3. The van der Waals surface area contributed by atoms with Crippen molar-refractivity contribution in [2.45, 2.75) is 6.92 Å². The lowest BCUT2D eigenvalue weighted by molar-refractivity contribution is 0.102. The van der Waals surface area contributed by atoms with E-state index in [0.717, 1.165) is 21.9 Å². The number of thiophene rings is 1. The Bertz CT molecular complexity index is 1170. The molecule has 0 aliphatic carbocycles. The summed E-state index contributed by atoms with van der Waals surface area (Å²) in [5.41, 5.74) is 2.22. The van der Waals surface area contributed by atoms with Gasteiger partial charge in [-0.2, -0.15) is 4.98 Å². The van der Waals surface area contributed by atoms with E-state index < -0.39 is 0 Å². The lowest BCUT2D eigenvalue weighted by Crippen LogP contribution is -2.11. The molecule has 4 rings (SSSR count). The van der Waals surface area contributed by atoms with Crippen molar-refractivity contribution in [3.05, 3.63) is 58.3 Å². The summed E-state index contributed by atoms with van der Waals surface area (Å²) < 4.78 is 12.4. The fraction of sp³-hybridized carbons (Fsp3) is 0.150. The van der Waals surface area contributed by atoms with E-state index in [1.54, 1.807) is 24.8 Å². The minimum atomic E-state index is -0.240. The predicted molar refractivity (Wildman–Crippen MR) is 109 cm³/mol. The van der Waals surface area contributed by atoms with Crippen molar-refractivity contribution in [2.75, 3.05) is 19.5 Å². The predicted octanol–water partition coefficient (Wildman–Crippen LogP) is 4.04. The van der Waals surface area contributed by atoms with Crippen molar-refractivity contribution in [1.82, 2.24) is 14.6 Å². The van der Waals surface area contributed by atoms with Gasteiger partial charge in [0, 0.05) is 10.4 Å². The molecule has 142 valence electrons. The van der Waals surface area contributed by atoms with E-state index in [-0.39, 0.29) is 11.9 Å². The number of methoxy groups -OCH3 is 2. The zero-order valence-corrected chi connectivity index (χ0v) is 16.4. The molecular weight excluding hydrogens is 376 g/mol. The summed E-state index contributed by atoms with van der Waals surface area (Å²) in [5, 5.41) is 7.24. The monoisotopic (exact) mass is 394 g/mol. The fourth-order valence-electron chi connectivity index (χ4n) is 2.87. The van der Waals surface area contributed by atoms with Crippen LogP contribution in [0.3, 0.4) is 0 Å². The molecule has 4 aromatic rings. The van der Waals surface area contributed by atoms with Crippen LogP contribution < -0.4 is 14.8 Å². The molecule has 0 radical (unpaired) electrons. The van der Waals surface area contributed by atoms with E-state index >= 15 is 0 Å². The lowest BCUT2D eigenvalue weighted by Gasteiger charge is -2.08. The SMILES string of the molecule is COc1cccc(-c2ccc(OC)c3nc(NC(=O)c4ccc(C)s4)nn23)c1. The van der Waals surface area contributed by atoms with Crippen LogP contribution >= 0.6 is 11.3 Å². The molecule has 0 spiro atoms. The highest BCUT2D eigenvalue weighted by Gasteiger charge is 2.17. The summed E-state index contributed by atoms with van der Waals surface area (Å²) in [6.07, 6.45) is 0. The molecule has 0 unspecified atom stereocenters. The number of fused-ring (bicyclic) bond motifs is 1. The molecule has 0 atom stereocenters. The fourth-order valence-corrected chi connectivity index (χ4v) is 3.63. The van der Waals surface area contributed by atoms with Crippen molar-refractivity contribution in [2.24, 2.45) is 0 Å². The Labute approximate surface area is 165 Å². The van der Waals surface area contributed by atoms with Gasteiger partial charge >= 0.3 is 0 Å². The van der Waals surface area contributed by atoms with E-state index in [1.807, 2.05) is 49.4 Å². The van der Waals surface area contributed by atoms with Crippen molar-refractivity contribution in [1.29, 1.82) is 0 Å². The van der Waals surface area contributed by atoms with Crippen LogP contribution in [0.5, 0.6) is 11.5 Å². The van der Waals surface area contributed by atoms with Gasteiger partial charge in [0.25, 0.3) is 5.91 Å². The molecule has 0 saturated carbocycles. The molecule has 1 amide bonds. The number of aromatic nitrogens is 3. The third kappa shape index (κ3) is 3.29. The quantitative estimate of drug-likeness (QED) is 0.553. The average molecular weight is 394 g/mol. The molecule has 3 aromatic heterocycles. The number of benzene rings is 1. The highest BCUT2D eigenvalue weighted by atomic mass is 32.1. The van der Waals surface area contributed by atoms with Crippen LogP contribution in [0.2, 0.25) is 0 Å². The van der Waals surface area contributed by atoms with E-state index in [9.17, 15) is 4.79 Å². The maximum absolute atomic E-state index is 12.5. The summed E-state index contributed by atoms with van der Waals surface area (Å²) in [6.45, 7) is 1.95. The lowest BCUT2D eigenvalue weighted by atomic mass is 10.1. The molecule has 0 bridgehead atoms. The average Bonchev–Trinajstić information content (AvgIpc) is 3.33. The standard InChI is InChI=1S/C20H18N4O3S/c1-12-7-10-17(28-12)19(25)22-20-21-18-16(27-3)9-8-15(24(18)23-20)13-5-4-6-14(11-13)26-2/h4-11H,1-3H3,(H,22,23,25). The summed E-state index contributed by atoms with van der Waals surface area (Å²) in [5.74, 6) is 1.27. The van der Waals surface area contributed by atoms with Crippen LogP contribution in [-0.4, -0.2) is 34.7 Å². The van der Waals surface area contributed by atoms with Gasteiger partial charge in [-0.1, -0.05) is 12.1 Å². The van der Waals surface area contributed by atoms with Crippen molar-refractivity contribution >= 4 is 28.8 Å². The Morgan fingerprint density at radius 1 is 1.11 bits per heavy atom. The van der Waals surface area contributed by atoms with Gasteiger partial charge in [-0.25, -0.2) is 4.52 Å². The number of anilines is 1. The summed E-state index contributed by atoms with van der Waals surface area (Å²) in [6, 6.07) is 15.1. The first-order chi connectivity index (χ1) is 13.6. The van der Waals surface area contributed by atoms with Gasteiger partial charge in [-0.15, -0.1) is 16.4 Å². The molecule has 0 saturated heterocycles. The number of carbonyl (C=O) groups is 1. The molecular formula is C20H18N4O3S. The molecule has 1 aromatic carbocycles. The van der Waals surface area contributed by atoms with Crippen molar-refractivity contribution < 1.29 is 14.3 Å².